The van der Waals surface area contributed by atoms with E-state index in [-0.39, 0.29) is 6.10 Å². The molecule has 3 heteroatoms. The fourth-order valence-electron chi connectivity index (χ4n) is 0.807. The normalized spacial score (nSPS) is 13.4. The van der Waals surface area contributed by atoms with Crippen LogP contribution in [0.4, 0.5) is 0 Å². The minimum atomic E-state index is -0.238. The molecule has 11 heavy (non-hydrogen) atoms. The lowest BCUT2D eigenvalue weighted by Gasteiger charge is -2.05. The standard InChI is InChI=1S/C8H19NO2/c1-8(10)7-9-5-3-4-6-11-2/h8-10H,3-7H2,1-2H3/t8-/m0/s1. The number of unbranched alkanes of at least 4 members (excludes halogenated alkanes) is 1. The van der Waals surface area contributed by atoms with E-state index < -0.39 is 0 Å². The minimum Gasteiger partial charge on any atom is -0.392 e. The predicted octanol–water partition coefficient (Wildman–Crippen LogP) is 0.383. The van der Waals surface area contributed by atoms with E-state index in [0.717, 1.165) is 26.0 Å². The molecule has 0 aliphatic heterocycles. The molecule has 0 bridgehead atoms. The van der Waals surface area contributed by atoms with Gasteiger partial charge in [0.05, 0.1) is 6.10 Å². The van der Waals surface area contributed by atoms with Crippen LogP contribution in [0.5, 0.6) is 0 Å². The minimum absolute atomic E-state index is 0.238. The lowest BCUT2D eigenvalue weighted by Crippen LogP contribution is -2.25. The second-order valence-corrected chi connectivity index (χ2v) is 2.75. The Balaban J connectivity index is 2.80. The van der Waals surface area contributed by atoms with Crippen molar-refractivity contribution >= 4 is 0 Å². The van der Waals surface area contributed by atoms with E-state index in [0.29, 0.717) is 6.54 Å². The van der Waals surface area contributed by atoms with E-state index in [1.807, 2.05) is 0 Å². The summed E-state index contributed by atoms with van der Waals surface area (Å²) in [5, 5.41) is 12.0. The first-order valence-electron chi connectivity index (χ1n) is 4.15. The molecule has 3 nitrogen and oxygen atoms in total. The predicted molar refractivity (Wildman–Crippen MR) is 45.7 cm³/mol. The molecule has 0 heterocycles. The van der Waals surface area contributed by atoms with Crippen LogP contribution < -0.4 is 5.32 Å². The molecule has 0 aromatic rings. The van der Waals surface area contributed by atoms with Crippen LogP contribution >= 0.6 is 0 Å². The first-order valence-corrected chi connectivity index (χ1v) is 4.15. The Morgan fingerprint density at radius 3 is 2.73 bits per heavy atom. The molecule has 0 fully saturated rings. The monoisotopic (exact) mass is 161 g/mol. The third kappa shape index (κ3) is 9.88. The lowest BCUT2D eigenvalue weighted by molar-refractivity contribution is 0.184. The summed E-state index contributed by atoms with van der Waals surface area (Å²) in [7, 11) is 1.71. The van der Waals surface area contributed by atoms with E-state index >= 15 is 0 Å². The average molecular weight is 161 g/mol. The molecule has 0 aromatic heterocycles. The van der Waals surface area contributed by atoms with Gasteiger partial charge in [0.1, 0.15) is 0 Å². The molecule has 1 atom stereocenters. The highest BCUT2D eigenvalue weighted by molar-refractivity contribution is 4.52. The highest BCUT2D eigenvalue weighted by atomic mass is 16.5. The molecule has 0 saturated carbocycles. The summed E-state index contributed by atoms with van der Waals surface area (Å²) < 4.78 is 4.89. The van der Waals surface area contributed by atoms with E-state index in [1.54, 1.807) is 14.0 Å². The van der Waals surface area contributed by atoms with Crippen molar-refractivity contribution in [1.82, 2.24) is 5.32 Å². The van der Waals surface area contributed by atoms with Gasteiger partial charge in [0, 0.05) is 20.3 Å². The topological polar surface area (TPSA) is 41.5 Å². The Morgan fingerprint density at radius 2 is 2.18 bits per heavy atom. The summed E-state index contributed by atoms with van der Waals surface area (Å²) in [4.78, 5) is 0. The van der Waals surface area contributed by atoms with Crippen molar-refractivity contribution in [1.29, 1.82) is 0 Å². The highest BCUT2D eigenvalue weighted by Gasteiger charge is 1.92. The van der Waals surface area contributed by atoms with Crippen molar-refractivity contribution in [2.75, 3.05) is 26.8 Å². The van der Waals surface area contributed by atoms with Gasteiger partial charge in [-0.25, -0.2) is 0 Å². The molecule has 0 aliphatic carbocycles. The van der Waals surface area contributed by atoms with Gasteiger partial charge >= 0.3 is 0 Å². The Labute approximate surface area is 68.8 Å². The second-order valence-electron chi connectivity index (χ2n) is 2.75. The van der Waals surface area contributed by atoms with Gasteiger partial charge in [-0.3, -0.25) is 0 Å². The molecule has 0 rings (SSSR count). The van der Waals surface area contributed by atoms with Crippen molar-refractivity contribution in [3.63, 3.8) is 0 Å². The van der Waals surface area contributed by atoms with E-state index in [9.17, 15) is 0 Å². The molecule has 68 valence electrons. The van der Waals surface area contributed by atoms with Crippen LogP contribution in [0.1, 0.15) is 19.8 Å². The molecule has 0 radical (unpaired) electrons. The Bertz CT molecular complexity index is 76.5. The summed E-state index contributed by atoms with van der Waals surface area (Å²) in [5.41, 5.74) is 0. The van der Waals surface area contributed by atoms with Crippen LogP contribution in [0.25, 0.3) is 0 Å². The van der Waals surface area contributed by atoms with Crippen LogP contribution in [0.2, 0.25) is 0 Å². The van der Waals surface area contributed by atoms with E-state index in [2.05, 4.69) is 5.32 Å². The molecule has 0 spiro atoms. The highest BCUT2D eigenvalue weighted by Crippen LogP contribution is 1.86. The van der Waals surface area contributed by atoms with Crippen LogP contribution in [0, 0.1) is 0 Å². The Hall–Kier alpha value is -0.120. The number of hydrogen-bond acceptors (Lipinski definition) is 3. The van der Waals surface area contributed by atoms with Crippen molar-refractivity contribution < 1.29 is 9.84 Å². The Morgan fingerprint density at radius 1 is 1.45 bits per heavy atom. The van der Waals surface area contributed by atoms with E-state index in [1.165, 1.54) is 0 Å². The quantitative estimate of drug-likeness (QED) is 0.530. The van der Waals surface area contributed by atoms with Crippen molar-refractivity contribution in [3.05, 3.63) is 0 Å². The maximum atomic E-state index is 8.87. The number of hydrogen-bond donors (Lipinski definition) is 2. The zero-order valence-electron chi connectivity index (χ0n) is 7.47. The summed E-state index contributed by atoms with van der Waals surface area (Å²) in [6.07, 6.45) is 1.96. The van der Waals surface area contributed by atoms with Gasteiger partial charge in [-0.15, -0.1) is 0 Å². The molecular formula is C8H19NO2. The third-order valence-electron chi connectivity index (χ3n) is 1.39. The summed E-state index contributed by atoms with van der Waals surface area (Å²) in [5.74, 6) is 0. The molecular weight excluding hydrogens is 142 g/mol. The number of aliphatic hydroxyl groups excluding tert-OH is 1. The van der Waals surface area contributed by atoms with Crippen molar-refractivity contribution in [3.8, 4) is 0 Å². The van der Waals surface area contributed by atoms with Gasteiger partial charge < -0.3 is 15.2 Å². The zero-order chi connectivity index (χ0) is 8.53. The Kier molecular flexibility index (Phi) is 7.89. The first-order chi connectivity index (χ1) is 5.27. The van der Waals surface area contributed by atoms with Gasteiger partial charge in [0.15, 0.2) is 0 Å². The SMILES string of the molecule is COCCCCNC[C@H](C)O. The zero-order valence-corrected chi connectivity index (χ0v) is 7.47. The largest absolute Gasteiger partial charge is 0.392 e. The number of nitrogens with one attached hydrogen (secondary N) is 1. The van der Waals surface area contributed by atoms with Gasteiger partial charge in [-0.1, -0.05) is 0 Å². The van der Waals surface area contributed by atoms with Crippen LogP contribution in [-0.4, -0.2) is 38.0 Å². The number of rotatable bonds is 7. The van der Waals surface area contributed by atoms with Crippen LogP contribution in [-0.2, 0) is 4.74 Å². The fourth-order valence-corrected chi connectivity index (χ4v) is 0.807. The maximum Gasteiger partial charge on any atom is 0.0636 e. The summed E-state index contributed by atoms with van der Waals surface area (Å²) >= 11 is 0. The smallest absolute Gasteiger partial charge is 0.0636 e. The van der Waals surface area contributed by atoms with Crippen molar-refractivity contribution in [2.45, 2.75) is 25.9 Å². The second kappa shape index (κ2) is 7.98. The molecule has 0 aromatic carbocycles. The number of ether oxygens (including phenoxy) is 1. The summed E-state index contributed by atoms with van der Waals surface area (Å²) in [6, 6.07) is 0. The number of methoxy groups -OCH3 is 1. The molecule has 0 amide bonds. The first kappa shape index (κ1) is 10.9. The van der Waals surface area contributed by atoms with Crippen molar-refractivity contribution in [2.24, 2.45) is 0 Å². The van der Waals surface area contributed by atoms with Crippen LogP contribution in [0.3, 0.4) is 0 Å². The molecule has 2 N–H and O–H groups in total. The van der Waals surface area contributed by atoms with E-state index in [4.69, 9.17) is 9.84 Å². The lowest BCUT2D eigenvalue weighted by atomic mass is 10.3. The molecule has 0 saturated heterocycles. The van der Waals surface area contributed by atoms with Crippen LogP contribution in [0.15, 0.2) is 0 Å². The van der Waals surface area contributed by atoms with Gasteiger partial charge in [0.25, 0.3) is 0 Å². The van der Waals surface area contributed by atoms with Gasteiger partial charge in [-0.05, 0) is 26.3 Å². The number of aliphatic hydroxyl groups is 1. The maximum absolute atomic E-state index is 8.87. The molecule has 0 aliphatic rings. The fraction of sp³-hybridized carbons (Fsp3) is 1.00. The molecule has 0 unspecified atom stereocenters. The third-order valence-corrected chi connectivity index (χ3v) is 1.39. The average Bonchev–Trinajstić information content (AvgIpc) is 1.96. The summed E-state index contributed by atoms with van der Waals surface area (Å²) in [6.45, 7) is 4.26. The van der Waals surface area contributed by atoms with Gasteiger partial charge in [-0.2, -0.15) is 0 Å². The van der Waals surface area contributed by atoms with Gasteiger partial charge in [0.2, 0.25) is 0 Å².